The summed E-state index contributed by atoms with van der Waals surface area (Å²) in [4.78, 5) is 23.0. The number of ketones is 1. The van der Waals surface area contributed by atoms with Crippen molar-refractivity contribution in [2.45, 2.75) is 44.9 Å². The Kier molecular flexibility index (Phi) is 5.17. The minimum Gasteiger partial charge on any atom is -0.381 e. The van der Waals surface area contributed by atoms with E-state index in [0.29, 0.717) is 36.9 Å². The van der Waals surface area contributed by atoms with Gasteiger partial charge in [0, 0.05) is 31.9 Å². The van der Waals surface area contributed by atoms with Gasteiger partial charge in [-0.15, -0.1) is 0 Å². The lowest BCUT2D eigenvalue weighted by molar-refractivity contribution is -0.122. The Morgan fingerprint density at radius 1 is 1.17 bits per heavy atom. The summed E-state index contributed by atoms with van der Waals surface area (Å²) in [5.74, 6) is 1.22. The third kappa shape index (κ3) is 4.77. The van der Waals surface area contributed by atoms with Crippen LogP contribution in [0.3, 0.4) is 0 Å². The van der Waals surface area contributed by atoms with Gasteiger partial charge in [-0.1, -0.05) is 0 Å². The van der Waals surface area contributed by atoms with Gasteiger partial charge in [-0.3, -0.25) is 9.59 Å². The van der Waals surface area contributed by atoms with Gasteiger partial charge in [0.05, 0.1) is 6.61 Å². The topological polar surface area (TPSA) is 55.4 Å². The van der Waals surface area contributed by atoms with Crippen molar-refractivity contribution in [1.82, 2.24) is 5.32 Å². The van der Waals surface area contributed by atoms with Crippen molar-refractivity contribution in [3.8, 4) is 0 Å². The van der Waals surface area contributed by atoms with Gasteiger partial charge >= 0.3 is 0 Å². The van der Waals surface area contributed by atoms with Crippen LogP contribution in [-0.2, 0) is 14.3 Å². The monoisotopic (exact) mass is 253 g/mol. The fourth-order valence-electron chi connectivity index (χ4n) is 2.35. The fourth-order valence-corrected chi connectivity index (χ4v) is 2.35. The maximum atomic E-state index is 11.6. The van der Waals surface area contributed by atoms with Crippen molar-refractivity contribution in [2.24, 2.45) is 11.8 Å². The predicted molar refractivity (Wildman–Crippen MR) is 68.1 cm³/mol. The molecule has 1 N–H and O–H groups in total. The first-order valence-corrected chi connectivity index (χ1v) is 7.13. The molecule has 2 aliphatic rings. The SMILES string of the molecule is O=C(CCCC(=O)C1CC1)NCC1CCCOC1. The molecule has 1 heterocycles. The first-order valence-electron chi connectivity index (χ1n) is 7.13. The second-order valence-corrected chi connectivity index (χ2v) is 5.48. The Hall–Kier alpha value is -0.900. The summed E-state index contributed by atoms with van der Waals surface area (Å²) in [5.41, 5.74) is 0. The molecule has 2 fully saturated rings. The van der Waals surface area contributed by atoms with Crippen LogP contribution in [0.1, 0.15) is 44.9 Å². The van der Waals surface area contributed by atoms with E-state index in [1.165, 1.54) is 0 Å². The van der Waals surface area contributed by atoms with Gasteiger partial charge < -0.3 is 10.1 Å². The normalized spacial score (nSPS) is 23.7. The highest BCUT2D eigenvalue weighted by atomic mass is 16.5. The minimum atomic E-state index is 0.0733. The summed E-state index contributed by atoms with van der Waals surface area (Å²) in [7, 11) is 0. The summed E-state index contributed by atoms with van der Waals surface area (Å²) in [6.07, 6.45) is 6.11. The van der Waals surface area contributed by atoms with E-state index < -0.39 is 0 Å². The lowest BCUT2D eigenvalue weighted by atomic mass is 10.0. The molecule has 1 unspecified atom stereocenters. The number of carbonyl (C=O) groups excluding carboxylic acids is 2. The largest absolute Gasteiger partial charge is 0.381 e. The summed E-state index contributed by atoms with van der Waals surface area (Å²) in [6, 6.07) is 0. The molecule has 1 aliphatic heterocycles. The van der Waals surface area contributed by atoms with Crippen molar-refractivity contribution < 1.29 is 14.3 Å². The number of nitrogens with one attached hydrogen (secondary N) is 1. The highest BCUT2D eigenvalue weighted by Gasteiger charge is 2.28. The van der Waals surface area contributed by atoms with E-state index in [4.69, 9.17) is 4.74 Å². The van der Waals surface area contributed by atoms with E-state index in [-0.39, 0.29) is 5.91 Å². The molecule has 1 saturated carbocycles. The van der Waals surface area contributed by atoms with E-state index in [0.717, 1.165) is 45.4 Å². The Balaban J connectivity index is 1.50. The maximum Gasteiger partial charge on any atom is 0.220 e. The van der Waals surface area contributed by atoms with Gasteiger partial charge in [-0.2, -0.15) is 0 Å². The lowest BCUT2D eigenvalue weighted by Gasteiger charge is -2.22. The molecule has 4 heteroatoms. The van der Waals surface area contributed by atoms with Gasteiger partial charge in [0.2, 0.25) is 5.91 Å². The molecule has 0 spiro atoms. The summed E-state index contributed by atoms with van der Waals surface area (Å²) in [6.45, 7) is 2.34. The van der Waals surface area contributed by atoms with Crippen LogP contribution in [0.25, 0.3) is 0 Å². The quantitative estimate of drug-likeness (QED) is 0.751. The van der Waals surface area contributed by atoms with Gasteiger partial charge in [0.15, 0.2) is 0 Å². The zero-order chi connectivity index (χ0) is 12.8. The number of hydrogen-bond acceptors (Lipinski definition) is 3. The standard InChI is InChI=1S/C14H23NO3/c16-13(12-6-7-12)4-1-5-14(17)15-9-11-3-2-8-18-10-11/h11-12H,1-10H2,(H,15,17). The van der Waals surface area contributed by atoms with Crippen LogP contribution in [0.5, 0.6) is 0 Å². The smallest absolute Gasteiger partial charge is 0.220 e. The number of Topliss-reactive ketones (excluding diaryl/α,β-unsaturated/α-hetero) is 1. The van der Waals surface area contributed by atoms with E-state index in [9.17, 15) is 9.59 Å². The first kappa shape index (κ1) is 13.5. The lowest BCUT2D eigenvalue weighted by Crippen LogP contribution is -2.33. The zero-order valence-electron chi connectivity index (χ0n) is 11.0. The first-order chi connectivity index (χ1) is 8.75. The number of carbonyl (C=O) groups is 2. The van der Waals surface area contributed by atoms with Crippen LogP contribution >= 0.6 is 0 Å². The van der Waals surface area contributed by atoms with Crippen molar-refractivity contribution in [3.63, 3.8) is 0 Å². The Labute approximate surface area is 108 Å². The Morgan fingerprint density at radius 3 is 2.67 bits per heavy atom. The average Bonchev–Trinajstić information content (AvgIpc) is 3.22. The van der Waals surface area contributed by atoms with Gasteiger partial charge in [0.25, 0.3) is 0 Å². The van der Waals surface area contributed by atoms with Crippen molar-refractivity contribution in [3.05, 3.63) is 0 Å². The summed E-state index contributed by atoms with van der Waals surface area (Å²) in [5, 5.41) is 2.94. The molecule has 1 atom stereocenters. The second kappa shape index (κ2) is 6.88. The molecule has 0 radical (unpaired) electrons. The molecule has 0 aromatic heterocycles. The number of amides is 1. The molecular weight excluding hydrogens is 230 g/mol. The van der Waals surface area contributed by atoms with E-state index >= 15 is 0 Å². The zero-order valence-corrected chi connectivity index (χ0v) is 11.0. The molecule has 0 aromatic carbocycles. The Morgan fingerprint density at radius 2 is 2.00 bits per heavy atom. The number of rotatable bonds is 7. The average molecular weight is 253 g/mol. The van der Waals surface area contributed by atoms with Gasteiger partial charge in [-0.25, -0.2) is 0 Å². The van der Waals surface area contributed by atoms with Crippen LogP contribution in [-0.4, -0.2) is 31.4 Å². The molecule has 1 amide bonds. The van der Waals surface area contributed by atoms with Gasteiger partial charge in [0.1, 0.15) is 5.78 Å². The summed E-state index contributed by atoms with van der Waals surface area (Å²) < 4.78 is 5.36. The molecule has 2 rings (SSSR count). The van der Waals surface area contributed by atoms with E-state index in [1.54, 1.807) is 0 Å². The highest BCUT2D eigenvalue weighted by molar-refractivity contribution is 5.83. The van der Waals surface area contributed by atoms with Crippen LogP contribution in [0.4, 0.5) is 0 Å². The van der Waals surface area contributed by atoms with Gasteiger partial charge in [-0.05, 0) is 38.0 Å². The van der Waals surface area contributed by atoms with E-state index in [2.05, 4.69) is 5.32 Å². The molecule has 4 nitrogen and oxygen atoms in total. The van der Waals surface area contributed by atoms with Crippen LogP contribution in [0, 0.1) is 11.8 Å². The molecular formula is C14H23NO3. The number of hydrogen-bond donors (Lipinski definition) is 1. The maximum absolute atomic E-state index is 11.6. The predicted octanol–water partition coefficient (Wildman–Crippen LogP) is 1.68. The molecule has 1 saturated heterocycles. The van der Waals surface area contributed by atoms with Crippen LogP contribution in [0.15, 0.2) is 0 Å². The molecule has 102 valence electrons. The second-order valence-electron chi connectivity index (χ2n) is 5.48. The van der Waals surface area contributed by atoms with E-state index in [1.807, 2.05) is 0 Å². The van der Waals surface area contributed by atoms with Crippen molar-refractivity contribution in [1.29, 1.82) is 0 Å². The summed E-state index contributed by atoms with van der Waals surface area (Å²) >= 11 is 0. The van der Waals surface area contributed by atoms with Crippen molar-refractivity contribution in [2.75, 3.05) is 19.8 Å². The van der Waals surface area contributed by atoms with Crippen LogP contribution < -0.4 is 5.32 Å². The molecule has 0 aromatic rings. The number of ether oxygens (including phenoxy) is 1. The highest BCUT2D eigenvalue weighted by Crippen LogP contribution is 2.31. The minimum absolute atomic E-state index is 0.0733. The van der Waals surface area contributed by atoms with Crippen LogP contribution in [0.2, 0.25) is 0 Å². The third-order valence-electron chi connectivity index (χ3n) is 3.70. The molecule has 1 aliphatic carbocycles. The fraction of sp³-hybridized carbons (Fsp3) is 0.857. The van der Waals surface area contributed by atoms with Crippen molar-refractivity contribution >= 4 is 11.7 Å². The third-order valence-corrected chi connectivity index (χ3v) is 3.70. The molecule has 18 heavy (non-hydrogen) atoms. The molecule has 0 bridgehead atoms. The Bertz CT molecular complexity index is 293.